The average Bonchev–Trinajstić information content (AvgIpc) is 3.40. The Morgan fingerprint density at radius 1 is 0.921 bits per heavy atom. The first kappa shape index (κ1) is 31.7. The zero-order valence-electron chi connectivity index (χ0n) is 21.9. The minimum Gasteiger partial charge on any atom is -0.415 e. The molecule has 14 heteroatoms. The molecule has 210 valence electrons. The van der Waals surface area contributed by atoms with Gasteiger partial charge in [0.15, 0.2) is 0 Å². The summed E-state index contributed by atoms with van der Waals surface area (Å²) in [5, 5.41) is 26.9. The van der Waals surface area contributed by atoms with E-state index < -0.39 is 0 Å². The Hall–Kier alpha value is -2.49. The molecule has 1 heterocycles. The van der Waals surface area contributed by atoms with Gasteiger partial charge >= 0.3 is 0 Å². The Bertz CT molecular complexity index is 1020. The highest BCUT2D eigenvalue weighted by molar-refractivity contribution is 8.12. The summed E-state index contributed by atoms with van der Waals surface area (Å²) in [6, 6.07) is 4.87. The molecule has 38 heavy (non-hydrogen) atoms. The predicted molar refractivity (Wildman–Crippen MR) is 147 cm³/mol. The largest absolute Gasteiger partial charge is 0.415 e. The number of hydrogen-bond acceptors (Lipinski definition) is 13. The van der Waals surface area contributed by atoms with Crippen molar-refractivity contribution in [3.63, 3.8) is 0 Å². The molecule has 0 spiro atoms. The summed E-state index contributed by atoms with van der Waals surface area (Å²) in [5.74, 6) is -0.282. The number of nitrogens with zero attached hydrogens (tertiary/aromatic N) is 2. The molecule has 0 atom stereocenters. The normalized spacial score (nSPS) is 10.9. The van der Waals surface area contributed by atoms with Crippen LogP contribution >= 0.6 is 23.5 Å². The Morgan fingerprint density at radius 3 is 2.13 bits per heavy atom. The lowest BCUT2D eigenvalue weighted by Gasteiger charge is -2.11. The minimum atomic E-state index is -0.271. The summed E-state index contributed by atoms with van der Waals surface area (Å²) >= 11 is 2.37. The summed E-state index contributed by atoms with van der Waals surface area (Å²) < 4.78 is 32.4. The van der Waals surface area contributed by atoms with Crippen LogP contribution in [0.5, 0.6) is 0 Å². The number of anilines is 1. The highest BCUT2D eigenvalue weighted by Crippen LogP contribution is 2.27. The molecule has 1 amide bonds. The average molecular weight is 570 g/mol. The van der Waals surface area contributed by atoms with Gasteiger partial charge < -0.3 is 33.4 Å². The third-order valence-corrected chi connectivity index (χ3v) is 5.59. The van der Waals surface area contributed by atoms with E-state index in [0.29, 0.717) is 61.7 Å². The molecule has 0 aliphatic heterocycles. The monoisotopic (exact) mass is 569 g/mol. The second-order valence-corrected chi connectivity index (χ2v) is 9.08. The number of carbonyl (C=O) groups excluding carboxylic acids is 1. The SMILES string of the molecule is CCCOCCOCCOCCOCCC(=O)Nc1cc(C(=N)OC(=N)SC)cc(-c2nnc(SC)o2)c1. The second kappa shape index (κ2) is 18.7. The summed E-state index contributed by atoms with van der Waals surface area (Å²) in [5.41, 5.74) is 1.26. The molecule has 0 aliphatic carbocycles. The first-order chi connectivity index (χ1) is 18.5. The van der Waals surface area contributed by atoms with Crippen LogP contribution in [0.3, 0.4) is 0 Å². The van der Waals surface area contributed by atoms with Crippen molar-refractivity contribution < 1.29 is 32.9 Å². The number of carbonyl (C=O) groups is 1. The maximum Gasteiger partial charge on any atom is 0.276 e. The smallest absolute Gasteiger partial charge is 0.276 e. The Morgan fingerprint density at radius 2 is 1.55 bits per heavy atom. The molecule has 0 radical (unpaired) electrons. The van der Waals surface area contributed by atoms with Crippen LogP contribution in [0.25, 0.3) is 11.5 Å². The lowest BCUT2D eigenvalue weighted by molar-refractivity contribution is -0.117. The number of ether oxygens (including phenoxy) is 5. The van der Waals surface area contributed by atoms with Crippen LogP contribution in [0.4, 0.5) is 5.69 Å². The standard InChI is InChI=1S/C24H35N5O7S2/c1-4-6-31-8-10-33-12-13-34-11-9-32-7-5-20(30)27-19-15-17(21(25)35-23(26)37-2)14-18(16-19)22-28-29-24(36-22)38-3/h14-16,25-26H,4-13H2,1-3H3,(H,27,30). The fourth-order valence-electron chi connectivity index (χ4n) is 2.85. The summed E-state index contributed by atoms with van der Waals surface area (Å²) in [4.78, 5) is 12.5. The minimum absolute atomic E-state index is 0.126. The maximum atomic E-state index is 12.5. The number of benzene rings is 1. The van der Waals surface area contributed by atoms with Gasteiger partial charge in [0.1, 0.15) is 0 Å². The van der Waals surface area contributed by atoms with Gasteiger partial charge in [-0.15, -0.1) is 10.2 Å². The molecular formula is C24H35N5O7S2. The van der Waals surface area contributed by atoms with Crippen LogP contribution in [0.15, 0.2) is 27.8 Å². The van der Waals surface area contributed by atoms with Crippen LogP contribution in [0, 0.1) is 10.8 Å². The number of aromatic nitrogens is 2. The van der Waals surface area contributed by atoms with E-state index in [1.54, 1.807) is 24.5 Å². The highest BCUT2D eigenvalue weighted by atomic mass is 32.2. The fourth-order valence-corrected chi connectivity index (χ4v) is 3.30. The Labute approximate surface area is 230 Å². The third-order valence-electron chi connectivity index (χ3n) is 4.63. The molecule has 12 nitrogen and oxygen atoms in total. The van der Waals surface area contributed by atoms with Gasteiger partial charge in [-0.2, -0.15) is 0 Å². The van der Waals surface area contributed by atoms with Gasteiger partial charge in [-0.05, 0) is 37.1 Å². The molecule has 0 fully saturated rings. The fraction of sp³-hybridized carbons (Fsp3) is 0.542. The number of rotatable bonds is 18. The van der Waals surface area contributed by atoms with E-state index in [4.69, 9.17) is 38.9 Å². The van der Waals surface area contributed by atoms with Gasteiger partial charge in [-0.25, -0.2) is 0 Å². The van der Waals surface area contributed by atoms with Crippen molar-refractivity contribution in [2.24, 2.45) is 0 Å². The molecule has 0 unspecified atom stereocenters. The highest BCUT2D eigenvalue weighted by Gasteiger charge is 2.15. The number of amides is 1. The molecular weight excluding hydrogens is 534 g/mol. The number of thioether (sulfide) groups is 2. The van der Waals surface area contributed by atoms with E-state index >= 15 is 0 Å². The summed E-state index contributed by atoms with van der Waals surface area (Å²) in [6.45, 7) is 5.86. The van der Waals surface area contributed by atoms with Gasteiger partial charge in [-0.1, -0.05) is 30.4 Å². The van der Waals surface area contributed by atoms with Gasteiger partial charge in [0, 0.05) is 23.4 Å². The van der Waals surface area contributed by atoms with Crippen LogP contribution in [0.1, 0.15) is 25.3 Å². The predicted octanol–water partition coefficient (Wildman–Crippen LogP) is 3.90. The van der Waals surface area contributed by atoms with Crippen molar-refractivity contribution in [3.05, 3.63) is 23.8 Å². The number of nitrogens with one attached hydrogen (secondary N) is 3. The van der Waals surface area contributed by atoms with Gasteiger partial charge in [0.25, 0.3) is 5.22 Å². The molecule has 3 N–H and O–H groups in total. The van der Waals surface area contributed by atoms with E-state index in [2.05, 4.69) is 22.4 Å². The van der Waals surface area contributed by atoms with Crippen molar-refractivity contribution >= 4 is 46.2 Å². The molecule has 2 aromatic rings. The topological polar surface area (TPSA) is 162 Å². The summed E-state index contributed by atoms with van der Waals surface area (Å²) in [7, 11) is 0. The second-order valence-electron chi connectivity index (χ2n) is 7.55. The maximum absolute atomic E-state index is 12.5. The van der Waals surface area contributed by atoms with Crippen LogP contribution in [-0.2, 0) is 28.5 Å². The molecule has 0 saturated heterocycles. The van der Waals surface area contributed by atoms with Crippen molar-refractivity contribution in [1.29, 1.82) is 10.8 Å². The zero-order valence-corrected chi connectivity index (χ0v) is 23.5. The number of hydrogen-bond donors (Lipinski definition) is 3. The van der Waals surface area contributed by atoms with E-state index in [1.807, 2.05) is 6.26 Å². The molecule has 1 aromatic heterocycles. The quantitative estimate of drug-likeness (QED) is 0.103. The van der Waals surface area contributed by atoms with Crippen LogP contribution < -0.4 is 5.32 Å². The third kappa shape index (κ3) is 12.4. The van der Waals surface area contributed by atoms with Gasteiger partial charge in [0.05, 0.1) is 52.7 Å². The molecule has 1 aromatic carbocycles. The van der Waals surface area contributed by atoms with Crippen molar-refractivity contribution in [2.45, 2.75) is 25.0 Å². The molecule has 2 rings (SSSR count). The molecule has 0 bridgehead atoms. The van der Waals surface area contributed by atoms with Gasteiger partial charge in [-0.3, -0.25) is 15.6 Å². The Balaban J connectivity index is 1.79. The van der Waals surface area contributed by atoms with Crippen molar-refractivity contribution in [2.75, 3.05) is 70.7 Å². The first-order valence-corrected chi connectivity index (χ1v) is 14.4. The lowest BCUT2D eigenvalue weighted by atomic mass is 10.1. The lowest BCUT2D eigenvalue weighted by Crippen LogP contribution is -2.16. The van der Waals surface area contributed by atoms with Crippen molar-refractivity contribution in [1.82, 2.24) is 10.2 Å². The van der Waals surface area contributed by atoms with E-state index in [1.165, 1.54) is 11.8 Å². The molecule has 0 saturated carbocycles. The van der Waals surface area contributed by atoms with E-state index in [-0.39, 0.29) is 36.0 Å². The Kier molecular flexibility index (Phi) is 15.6. The summed E-state index contributed by atoms with van der Waals surface area (Å²) in [6.07, 6.45) is 4.61. The molecule has 0 aliphatic rings. The first-order valence-electron chi connectivity index (χ1n) is 12.0. The van der Waals surface area contributed by atoms with Gasteiger partial charge in [0.2, 0.25) is 22.9 Å². The van der Waals surface area contributed by atoms with E-state index in [0.717, 1.165) is 24.8 Å². The zero-order chi connectivity index (χ0) is 27.6. The van der Waals surface area contributed by atoms with Crippen molar-refractivity contribution in [3.8, 4) is 11.5 Å². The van der Waals surface area contributed by atoms with Crippen LogP contribution in [0.2, 0.25) is 0 Å². The van der Waals surface area contributed by atoms with E-state index in [9.17, 15) is 4.79 Å². The van der Waals surface area contributed by atoms with Crippen LogP contribution in [-0.4, -0.2) is 92.6 Å².